The SMILES string of the molecule is COC(=O)C[C@H]1CN(C2CCC(c3nc(C)c(C)s3)CC2)[C@@H](Cc2ccc(Cl)cc2)CO1. The fraction of sp³-hybridized carbons (Fsp3) is 0.600. The molecule has 1 aromatic carbocycles. The highest BCUT2D eigenvalue weighted by atomic mass is 35.5. The molecular weight excluding hydrogens is 444 g/mol. The Bertz CT molecular complexity index is 889. The Balaban J connectivity index is 1.44. The summed E-state index contributed by atoms with van der Waals surface area (Å²) < 4.78 is 11.0. The van der Waals surface area contributed by atoms with Gasteiger partial charge in [-0.2, -0.15) is 0 Å². The number of hydrogen-bond acceptors (Lipinski definition) is 6. The lowest BCUT2D eigenvalue weighted by molar-refractivity contribution is -0.148. The van der Waals surface area contributed by atoms with E-state index in [4.69, 9.17) is 26.1 Å². The van der Waals surface area contributed by atoms with E-state index in [1.54, 1.807) is 0 Å². The molecule has 1 saturated heterocycles. The van der Waals surface area contributed by atoms with Gasteiger partial charge < -0.3 is 9.47 Å². The Kier molecular flexibility index (Phi) is 7.87. The van der Waals surface area contributed by atoms with Crippen LogP contribution in [0, 0.1) is 13.8 Å². The van der Waals surface area contributed by atoms with Gasteiger partial charge in [0.1, 0.15) is 0 Å². The van der Waals surface area contributed by atoms with Crippen molar-refractivity contribution in [2.45, 2.75) is 76.5 Å². The van der Waals surface area contributed by atoms with E-state index in [0.717, 1.165) is 30.8 Å². The van der Waals surface area contributed by atoms with Gasteiger partial charge in [-0.05, 0) is 63.6 Å². The third-order valence-corrected chi connectivity index (χ3v) is 8.46. The van der Waals surface area contributed by atoms with Crippen molar-refractivity contribution in [1.29, 1.82) is 0 Å². The van der Waals surface area contributed by atoms with E-state index in [-0.39, 0.29) is 12.1 Å². The third kappa shape index (κ3) is 5.71. The van der Waals surface area contributed by atoms with E-state index in [1.165, 1.54) is 41.1 Å². The maximum Gasteiger partial charge on any atom is 0.308 e. The first kappa shape index (κ1) is 23.7. The van der Waals surface area contributed by atoms with Crippen molar-refractivity contribution in [2.24, 2.45) is 0 Å². The molecule has 1 aromatic heterocycles. The summed E-state index contributed by atoms with van der Waals surface area (Å²) in [5, 5.41) is 2.07. The summed E-state index contributed by atoms with van der Waals surface area (Å²) >= 11 is 7.94. The summed E-state index contributed by atoms with van der Waals surface area (Å²) in [5.74, 6) is 0.370. The second-order valence-electron chi connectivity index (χ2n) is 9.12. The number of methoxy groups -OCH3 is 1. The Morgan fingerprint density at radius 2 is 1.94 bits per heavy atom. The lowest BCUT2D eigenvalue weighted by atomic mass is 9.84. The minimum Gasteiger partial charge on any atom is -0.469 e. The van der Waals surface area contributed by atoms with Crippen LogP contribution in [0.1, 0.15) is 59.2 Å². The van der Waals surface area contributed by atoms with Crippen LogP contribution in [0.3, 0.4) is 0 Å². The topological polar surface area (TPSA) is 51.7 Å². The molecule has 0 bridgehead atoms. The van der Waals surface area contributed by atoms with Crippen molar-refractivity contribution in [3.63, 3.8) is 0 Å². The zero-order valence-electron chi connectivity index (χ0n) is 19.2. The van der Waals surface area contributed by atoms with E-state index in [2.05, 4.69) is 30.9 Å². The quantitative estimate of drug-likeness (QED) is 0.528. The average molecular weight is 477 g/mol. The number of aromatic nitrogens is 1. The molecule has 4 rings (SSSR count). The Hall–Kier alpha value is -1.47. The highest BCUT2D eigenvalue weighted by Gasteiger charge is 2.37. The van der Waals surface area contributed by atoms with E-state index in [0.29, 0.717) is 31.0 Å². The van der Waals surface area contributed by atoms with Crippen LogP contribution in [0.15, 0.2) is 24.3 Å². The molecule has 0 N–H and O–H groups in total. The second-order valence-corrected chi connectivity index (χ2v) is 10.8. The van der Waals surface area contributed by atoms with Crippen LogP contribution in [0.5, 0.6) is 0 Å². The number of carbonyl (C=O) groups excluding carboxylic acids is 1. The average Bonchev–Trinajstić information content (AvgIpc) is 3.14. The van der Waals surface area contributed by atoms with Gasteiger partial charge in [0.2, 0.25) is 0 Å². The molecule has 1 saturated carbocycles. The molecule has 0 unspecified atom stereocenters. The van der Waals surface area contributed by atoms with Gasteiger partial charge in [0.25, 0.3) is 0 Å². The third-order valence-electron chi connectivity index (χ3n) is 6.97. The van der Waals surface area contributed by atoms with Gasteiger partial charge in [0.05, 0.1) is 36.9 Å². The maximum atomic E-state index is 11.9. The van der Waals surface area contributed by atoms with Crippen LogP contribution in [-0.4, -0.2) is 54.3 Å². The molecule has 32 heavy (non-hydrogen) atoms. The molecule has 0 amide bonds. The summed E-state index contributed by atoms with van der Waals surface area (Å²) in [4.78, 5) is 20.6. The molecule has 0 radical (unpaired) electrons. The van der Waals surface area contributed by atoms with E-state index in [1.807, 2.05) is 23.5 Å². The van der Waals surface area contributed by atoms with Crippen molar-refractivity contribution in [2.75, 3.05) is 20.3 Å². The number of morpholine rings is 1. The first-order valence-electron chi connectivity index (χ1n) is 11.6. The molecule has 2 heterocycles. The van der Waals surface area contributed by atoms with Crippen molar-refractivity contribution in [3.8, 4) is 0 Å². The van der Waals surface area contributed by atoms with Gasteiger partial charge in [0, 0.05) is 34.4 Å². The highest BCUT2D eigenvalue weighted by Crippen LogP contribution is 2.38. The first-order chi connectivity index (χ1) is 15.4. The molecule has 0 spiro atoms. The number of esters is 1. The number of halogens is 1. The second kappa shape index (κ2) is 10.6. The largest absolute Gasteiger partial charge is 0.469 e. The van der Waals surface area contributed by atoms with Crippen LogP contribution in [-0.2, 0) is 20.7 Å². The fourth-order valence-electron chi connectivity index (χ4n) is 5.02. The van der Waals surface area contributed by atoms with Gasteiger partial charge in [-0.1, -0.05) is 23.7 Å². The predicted molar refractivity (Wildman–Crippen MR) is 129 cm³/mol. The van der Waals surface area contributed by atoms with Crippen molar-refractivity contribution in [1.82, 2.24) is 9.88 Å². The van der Waals surface area contributed by atoms with Crippen LogP contribution >= 0.6 is 22.9 Å². The summed E-state index contributed by atoms with van der Waals surface area (Å²) in [6, 6.07) is 8.92. The molecule has 2 aliphatic rings. The Morgan fingerprint density at radius 1 is 1.22 bits per heavy atom. The zero-order chi connectivity index (χ0) is 22.7. The molecule has 1 aliphatic heterocycles. The van der Waals surface area contributed by atoms with Gasteiger partial charge >= 0.3 is 5.97 Å². The predicted octanol–water partition coefficient (Wildman–Crippen LogP) is 5.31. The fourth-order valence-corrected chi connectivity index (χ4v) is 6.23. The standard InChI is InChI=1S/C25H33ClN2O3S/c1-16-17(2)32-25(27-16)19-6-10-21(11-7-19)28-14-23(13-24(29)30-3)31-15-22(28)12-18-4-8-20(26)9-5-18/h4-5,8-9,19,21-23H,6-7,10-15H2,1-3H3/t19?,21?,22-,23-/m0/s1. The molecule has 1 aliphatic carbocycles. The Labute approximate surface area is 200 Å². The first-order valence-corrected chi connectivity index (χ1v) is 12.7. The lowest BCUT2D eigenvalue weighted by Gasteiger charge is -2.46. The van der Waals surface area contributed by atoms with Gasteiger partial charge in [0.15, 0.2) is 0 Å². The molecule has 7 heteroatoms. The van der Waals surface area contributed by atoms with Crippen molar-refractivity contribution in [3.05, 3.63) is 50.4 Å². The minimum atomic E-state index is -0.204. The number of benzene rings is 1. The van der Waals surface area contributed by atoms with Gasteiger partial charge in [-0.25, -0.2) is 4.98 Å². The molecule has 174 valence electrons. The number of nitrogens with zero attached hydrogens (tertiary/aromatic N) is 2. The monoisotopic (exact) mass is 476 g/mol. The number of carbonyl (C=O) groups is 1. The van der Waals surface area contributed by atoms with Crippen LogP contribution < -0.4 is 0 Å². The molecule has 5 nitrogen and oxygen atoms in total. The minimum absolute atomic E-state index is 0.106. The zero-order valence-corrected chi connectivity index (χ0v) is 20.8. The maximum absolute atomic E-state index is 11.9. The number of rotatable bonds is 6. The van der Waals surface area contributed by atoms with Crippen LogP contribution in [0.4, 0.5) is 0 Å². The van der Waals surface area contributed by atoms with E-state index in [9.17, 15) is 4.79 Å². The number of hydrogen-bond donors (Lipinski definition) is 0. The number of aryl methyl sites for hydroxylation is 2. The van der Waals surface area contributed by atoms with Crippen molar-refractivity contribution < 1.29 is 14.3 Å². The molecular formula is C25H33ClN2O3S. The molecule has 2 atom stereocenters. The van der Waals surface area contributed by atoms with Crippen LogP contribution in [0.25, 0.3) is 0 Å². The summed E-state index contributed by atoms with van der Waals surface area (Å²) in [6.07, 6.45) is 5.79. The highest BCUT2D eigenvalue weighted by molar-refractivity contribution is 7.11. The molecule has 2 fully saturated rings. The number of ether oxygens (including phenoxy) is 2. The summed E-state index contributed by atoms with van der Waals surface area (Å²) in [5.41, 5.74) is 2.44. The normalized spacial score (nSPS) is 26.8. The van der Waals surface area contributed by atoms with Crippen LogP contribution in [0.2, 0.25) is 5.02 Å². The summed E-state index contributed by atoms with van der Waals surface area (Å²) in [6.45, 7) is 5.68. The number of thiazole rings is 1. The van der Waals surface area contributed by atoms with Gasteiger partial charge in [-0.3, -0.25) is 9.69 Å². The molecule has 2 aromatic rings. The lowest BCUT2D eigenvalue weighted by Crippen LogP contribution is -2.55. The smallest absolute Gasteiger partial charge is 0.308 e. The Morgan fingerprint density at radius 3 is 2.56 bits per heavy atom. The van der Waals surface area contributed by atoms with Gasteiger partial charge in [-0.15, -0.1) is 11.3 Å². The summed E-state index contributed by atoms with van der Waals surface area (Å²) in [7, 11) is 1.44. The van der Waals surface area contributed by atoms with E-state index < -0.39 is 0 Å². The van der Waals surface area contributed by atoms with E-state index >= 15 is 0 Å². The van der Waals surface area contributed by atoms with Crippen molar-refractivity contribution >= 4 is 28.9 Å².